The van der Waals surface area contributed by atoms with Crippen LogP contribution >= 0.6 is 0 Å². The summed E-state index contributed by atoms with van der Waals surface area (Å²) in [7, 11) is 1.54. The van der Waals surface area contributed by atoms with E-state index < -0.39 is 0 Å². The molecule has 0 unspecified atom stereocenters. The van der Waals surface area contributed by atoms with Crippen LogP contribution in [0.1, 0.15) is 10.5 Å². The fraction of sp³-hybridized carbons (Fsp3) is 0.0476. The van der Waals surface area contributed by atoms with Gasteiger partial charge in [-0.1, -0.05) is 42.5 Å². The molecule has 0 saturated heterocycles. The number of hydrogen-bond donors (Lipinski definition) is 0. The van der Waals surface area contributed by atoms with Crippen molar-refractivity contribution in [2.24, 2.45) is 7.05 Å². The predicted molar refractivity (Wildman–Crippen MR) is 104 cm³/mol. The minimum Gasteiger partial charge on any atom is -0.267 e. The number of benzene rings is 2. The lowest BCUT2D eigenvalue weighted by Crippen LogP contribution is -2.31. The van der Waals surface area contributed by atoms with E-state index in [-0.39, 0.29) is 17.2 Å². The van der Waals surface area contributed by atoms with Gasteiger partial charge in [-0.25, -0.2) is 9.67 Å². The summed E-state index contributed by atoms with van der Waals surface area (Å²) >= 11 is 0. The number of rotatable bonds is 3. The Bertz CT molecular complexity index is 1130. The molecule has 2 heterocycles. The van der Waals surface area contributed by atoms with Crippen LogP contribution in [0.25, 0.3) is 10.8 Å². The lowest BCUT2D eigenvalue weighted by atomic mass is 10.1. The molecule has 4 rings (SSSR count). The molecule has 27 heavy (non-hydrogen) atoms. The lowest BCUT2D eigenvalue weighted by Gasteiger charge is -2.22. The van der Waals surface area contributed by atoms with Gasteiger partial charge in [-0.3, -0.25) is 14.5 Å². The molecule has 0 spiro atoms. The lowest BCUT2D eigenvalue weighted by molar-refractivity contribution is 0.0993. The highest BCUT2D eigenvalue weighted by Crippen LogP contribution is 2.26. The molecule has 4 aromatic rings. The van der Waals surface area contributed by atoms with E-state index in [1.165, 1.54) is 9.58 Å². The SMILES string of the molecule is Cn1nc(C(=O)N(c2ccccc2)c2ccccn2)c2ccccc2c1=O. The zero-order valence-corrected chi connectivity index (χ0v) is 14.6. The van der Waals surface area contributed by atoms with Gasteiger partial charge in [-0.2, -0.15) is 5.10 Å². The molecule has 2 aromatic carbocycles. The van der Waals surface area contributed by atoms with Crippen LogP contribution in [0.5, 0.6) is 0 Å². The van der Waals surface area contributed by atoms with Crippen LogP contribution < -0.4 is 10.5 Å². The van der Waals surface area contributed by atoms with Crippen LogP contribution in [0.2, 0.25) is 0 Å². The van der Waals surface area contributed by atoms with Gasteiger partial charge >= 0.3 is 0 Å². The number of pyridine rings is 1. The third-order valence-electron chi connectivity index (χ3n) is 4.25. The van der Waals surface area contributed by atoms with E-state index in [1.54, 1.807) is 49.6 Å². The highest BCUT2D eigenvalue weighted by atomic mass is 16.2. The van der Waals surface area contributed by atoms with Gasteiger partial charge in [-0.05, 0) is 30.3 Å². The average Bonchev–Trinajstić information content (AvgIpc) is 2.72. The third-order valence-corrected chi connectivity index (χ3v) is 4.25. The number of hydrogen-bond acceptors (Lipinski definition) is 4. The summed E-state index contributed by atoms with van der Waals surface area (Å²) in [5, 5.41) is 5.23. The maximum Gasteiger partial charge on any atom is 0.285 e. The largest absolute Gasteiger partial charge is 0.285 e. The Morgan fingerprint density at radius 2 is 1.56 bits per heavy atom. The topological polar surface area (TPSA) is 68.1 Å². The summed E-state index contributed by atoms with van der Waals surface area (Å²) in [4.78, 5) is 31.7. The standard InChI is InChI=1S/C21H16N4O2/c1-24-20(26)17-12-6-5-11-16(17)19(23-24)21(27)25(15-9-3-2-4-10-15)18-13-7-8-14-22-18/h2-14H,1H3. The van der Waals surface area contributed by atoms with E-state index in [0.717, 1.165) is 0 Å². The van der Waals surface area contributed by atoms with E-state index in [0.29, 0.717) is 22.3 Å². The van der Waals surface area contributed by atoms with Crippen molar-refractivity contribution in [1.82, 2.24) is 14.8 Å². The summed E-state index contributed by atoms with van der Waals surface area (Å²) in [6.07, 6.45) is 1.63. The minimum absolute atomic E-state index is 0.196. The molecule has 0 saturated carbocycles. The van der Waals surface area contributed by atoms with Crippen LogP contribution in [-0.4, -0.2) is 20.7 Å². The van der Waals surface area contributed by atoms with Crippen molar-refractivity contribution in [3.63, 3.8) is 0 Å². The van der Waals surface area contributed by atoms with Crippen molar-refractivity contribution in [3.05, 3.63) is 95.0 Å². The predicted octanol–water partition coefficient (Wildman–Crippen LogP) is 3.31. The molecular weight excluding hydrogens is 340 g/mol. The molecule has 0 N–H and O–H groups in total. The second-order valence-corrected chi connectivity index (χ2v) is 5.99. The summed E-state index contributed by atoms with van der Waals surface area (Å²) in [5.41, 5.74) is 0.620. The number of carbonyl (C=O) groups excluding carboxylic acids is 1. The molecule has 2 aromatic heterocycles. The normalized spacial score (nSPS) is 10.7. The van der Waals surface area contributed by atoms with Crippen LogP contribution in [0.15, 0.2) is 83.8 Å². The molecule has 6 nitrogen and oxygen atoms in total. The van der Waals surface area contributed by atoms with E-state index in [1.807, 2.05) is 36.4 Å². The third kappa shape index (κ3) is 2.97. The van der Waals surface area contributed by atoms with Gasteiger partial charge in [0.05, 0.1) is 11.1 Å². The quantitative estimate of drug-likeness (QED) is 0.565. The summed E-state index contributed by atoms with van der Waals surface area (Å²) in [6, 6.07) is 21.6. The molecular formula is C21H16N4O2. The Kier molecular flexibility index (Phi) is 4.22. The minimum atomic E-state index is -0.355. The van der Waals surface area contributed by atoms with Crippen LogP contribution in [0.3, 0.4) is 0 Å². The Morgan fingerprint density at radius 3 is 2.26 bits per heavy atom. The van der Waals surface area contributed by atoms with Crippen LogP contribution in [-0.2, 0) is 7.05 Å². The number of anilines is 2. The molecule has 0 fully saturated rings. The van der Waals surface area contributed by atoms with Gasteiger partial charge in [0, 0.05) is 18.6 Å². The first-order chi connectivity index (χ1) is 13.2. The fourth-order valence-corrected chi connectivity index (χ4v) is 2.98. The van der Waals surface area contributed by atoms with Gasteiger partial charge in [0.1, 0.15) is 5.82 Å². The molecule has 0 aliphatic heterocycles. The molecule has 0 atom stereocenters. The van der Waals surface area contributed by atoms with Gasteiger partial charge in [0.15, 0.2) is 5.69 Å². The summed E-state index contributed by atoms with van der Waals surface area (Å²) in [5.74, 6) is 0.125. The van der Waals surface area contributed by atoms with Crippen molar-refractivity contribution in [2.45, 2.75) is 0 Å². The zero-order chi connectivity index (χ0) is 18.8. The Hall–Kier alpha value is -3.80. The second-order valence-electron chi connectivity index (χ2n) is 5.99. The molecule has 0 radical (unpaired) electrons. The maximum atomic E-state index is 13.5. The summed E-state index contributed by atoms with van der Waals surface area (Å²) < 4.78 is 1.19. The number of aryl methyl sites for hydroxylation is 1. The Morgan fingerprint density at radius 1 is 0.889 bits per heavy atom. The van der Waals surface area contributed by atoms with Crippen molar-refractivity contribution in [3.8, 4) is 0 Å². The Balaban J connectivity index is 1.95. The molecule has 6 heteroatoms. The zero-order valence-electron chi connectivity index (χ0n) is 14.6. The second kappa shape index (κ2) is 6.84. The van der Waals surface area contributed by atoms with Gasteiger partial charge in [0.2, 0.25) is 0 Å². The first kappa shape index (κ1) is 16.7. The number of para-hydroxylation sites is 1. The summed E-state index contributed by atoms with van der Waals surface area (Å²) in [6.45, 7) is 0. The smallest absolute Gasteiger partial charge is 0.267 e. The van der Waals surface area contributed by atoms with Gasteiger partial charge in [-0.15, -0.1) is 0 Å². The van der Waals surface area contributed by atoms with E-state index in [9.17, 15) is 9.59 Å². The monoisotopic (exact) mass is 356 g/mol. The van der Waals surface area contributed by atoms with E-state index in [4.69, 9.17) is 0 Å². The van der Waals surface area contributed by atoms with E-state index >= 15 is 0 Å². The number of amides is 1. The average molecular weight is 356 g/mol. The highest BCUT2D eigenvalue weighted by molar-refractivity contribution is 6.15. The number of carbonyl (C=O) groups is 1. The van der Waals surface area contributed by atoms with Crippen molar-refractivity contribution in [1.29, 1.82) is 0 Å². The Labute approximate surface area is 155 Å². The van der Waals surface area contributed by atoms with Crippen LogP contribution in [0, 0.1) is 0 Å². The number of fused-ring (bicyclic) bond motifs is 1. The first-order valence-electron chi connectivity index (χ1n) is 8.43. The number of aromatic nitrogens is 3. The van der Waals surface area contributed by atoms with Crippen molar-refractivity contribution < 1.29 is 4.79 Å². The first-order valence-corrected chi connectivity index (χ1v) is 8.43. The molecule has 1 amide bonds. The molecule has 0 aliphatic rings. The molecule has 132 valence electrons. The van der Waals surface area contributed by atoms with Gasteiger partial charge < -0.3 is 0 Å². The van der Waals surface area contributed by atoms with Crippen molar-refractivity contribution in [2.75, 3.05) is 4.90 Å². The van der Waals surface area contributed by atoms with Crippen molar-refractivity contribution >= 4 is 28.2 Å². The van der Waals surface area contributed by atoms with Crippen LogP contribution in [0.4, 0.5) is 11.5 Å². The van der Waals surface area contributed by atoms with E-state index in [2.05, 4.69) is 10.1 Å². The highest BCUT2D eigenvalue weighted by Gasteiger charge is 2.25. The molecule has 0 bridgehead atoms. The van der Waals surface area contributed by atoms with Gasteiger partial charge in [0.25, 0.3) is 11.5 Å². The maximum absolute atomic E-state index is 13.5. The number of nitrogens with zero attached hydrogens (tertiary/aromatic N) is 4. The fourth-order valence-electron chi connectivity index (χ4n) is 2.98. The molecule has 0 aliphatic carbocycles.